The van der Waals surface area contributed by atoms with Gasteiger partial charge in [-0.15, -0.1) is 0 Å². The van der Waals surface area contributed by atoms with Crippen LogP contribution in [0.25, 0.3) is 0 Å². The first-order valence-electron chi connectivity index (χ1n) is 6.07. The summed E-state index contributed by atoms with van der Waals surface area (Å²) in [6, 6.07) is 8.05. The number of benzene rings is 1. The number of quaternary nitrogens is 1. The molecule has 2 heteroatoms. The van der Waals surface area contributed by atoms with E-state index in [-0.39, 0.29) is 5.78 Å². The van der Waals surface area contributed by atoms with Crippen LogP contribution in [0.15, 0.2) is 24.3 Å². The Morgan fingerprint density at radius 2 is 1.44 bits per heavy atom. The van der Waals surface area contributed by atoms with Gasteiger partial charge in [0.05, 0.1) is 19.6 Å². The molecule has 0 aliphatic rings. The van der Waals surface area contributed by atoms with E-state index in [0.29, 0.717) is 0 Å². The van der Waals surface area contributed by atoms with Crippen LogP contribution in [0, 0.1) is 0 Å². The Bertz CT molecular complexity index is 341. The Balaban J connectivity index is 3.08. The van der Waals surface area contributed by atoms with Crippen LogP contribution in [0.2, 0.25) is 0 Å². The molecule has 0 heterocycles. The lowest BCUT2D eigenvalue weighted by Gasteiger charge is -2.35. The van der Waals surface area contributed by atoms with E-state index >= 15 is 0 Å². The molecular weight excluding hydrogens is 198 g/mol. The highest BCUT2D eigenvalue weighted by molar-refractivity contribution is 5.94. The molecule has 2 nitrogen and oxygen atoms in total. The predicted molar refractivity (Wildman–Crippen MR) is 69.9 cm³/mol. The van der Waals surface area contributed by atoms with Gasteiger partial charge in [0.25, 0.3) is 0 Å². The van der Waals surface area contributed by atoms with Crippen LogP contribution < -0.4 is 4.48 Å². The van der Waals surface area contributed by atoms with Crippen molar-refractivity contribution in [1.29, 1.82) is 0 Å². The van der Waals surface area contributed by atoms with Crippen LogP contribution in [0.1, 0.15) is 38.1 Å². The molecule has 0 saturated heterocycles. The van der Waals surface area contributed by atoms with E-state index in [2.05, 4.69) is 32.9 Å². The number of carbonyl (C=O) groups is 1. The van der Waals surface area contributed by atoms with Gasteiger partial charge in [0.15, 0.2) is 5.78 Å². The first-order chi connectivity index (χ1) is 7.59. The van der Waals surface area contributed by atoms with Crippen LogP contribution in [0.3, 0.4) is 0 Å². The molecule has 1 aromatic carbocycles. The van der Waals surface area contributed by atoms with Gasteiger partial charge in [0.2, 0.25) is 0 Å². The fourth-order valence-corrected chi connectivity index (χ4v) is 2.23. The first-order valence-corrected chi connectivity index (χ1v) is 6.07. The molecule has 16 heavy (non-hydrogen) atoms. The quantitative estimate of drug-likeness (QED) is 0.550. The van der Waals surface area contributed by atoms with Crippen LogP contribution in [0.5, 0.6) is 0 Å². The molecule has 1 aromatic rings. The van der Waals surface area contributed by atoms with Crippen molar-refractivity contribution in [2.75, 3.05) is 19.6 Å². The lowest BCUT2D eigenvalue weighted by Crippen LogP contribution is -2.48. The van der Waals surface area contributed by atoms with Crippen LogP contribution in [-0.2, 0) is 0 Å². The molecule has 1 rings (SSSR count). The molecule has 0 radical (unpaired) electrons. The van der Waals surface area contributed by atoms with Crippen LogP contribution >= 0.6 is 0 Å². The highest BCUT2D eigenvalue weighted by Crippen LogP contribution is 2.23. The summed E-state index contributed by atoms with van der Waals surface area (Å²) in [5.41, 5.74) is 2.10. The van der Waals surface area contributed by atoms with Crippen LogP contribution in [0.4, 0.5) is 5.69 Å². The van der Waals surface area contributed by atoms with Crippen molar-refractivity contribution < 1.29 is 4.79 Å². The molecule has 0 aliphatic heterocycles. The van der Waals surface area contributed by atoms with Gasteiger partial charge in [-0.25, -0.2) is 0 Å². The molecule has 0 bridgehead atoms. The van der Waals surface area contributed by atoms with Crippen molar-refractivity contribution >= 4 is 11.5 Å². The van der Waals surface area contributed by atoms with Gasteiger partial charge in [-0.1, -0.05) is 0 Å². The smallest absolute Gasteiger partial charge is 0.159 e. The summed E-state index contributed by atoms with van der Waals surface area (Å²) in [4.78, 5) is 11.2. The van der Waals surface area contributed by atoms with E-state index in [0.717, 1.165) is 29.7 Å². The average molecular weight is 220 g/mol. The Kier molecular flexibility index (Phi) is 4.25. The van der Waals surface area contributed by atoms with Gasteiger partial charge in [-0.2, -0.15) is 0 Å². The number of carbonyl (C=O) groups excluding carboxylic acids is 1. The minimum atomic E-state index is 0.133. The van der Waals surface area contributed by atoms with E-state index in [9.17, 15) is 4.79 Å². The third kappa shape index (κ3) is 2.33. The molecular formula is C14H22NO+. The molecule has 0 N–H and O–H groups in total. The maximum atomic E-state index is 11.2. The first kappa shape index (κ1) is 12.9. The van der Waals surface area contributed by atoms with Gasteiger partial charge in [0.1, 0.15) is 5.69 Å². The SMILES string of the molecule is CC[N+](CC)(CC)c1ccc(C(C)=O)cc1. The molecule has 0 spiro atoms. The summed E-state index contributed by atoms with van der Waals surface area (Å²) in [5.74, 6) is 0.133. The number of ketones is 1. The fourth-order valence-electron chi connectivity index (χ4n) is 2.23. The Morgan fingerprint density at radius 1 is 1.00 bits per heavy atom. The maximum absolute atomic E-state index is 11.2. The Morgan fingerprint density at radius 3 is 1.75 bits per heavy atom. The second-order valence-corrected chi connectivity index (χ2v) is 4.20. The van der Waals surface area contributed by atoms with Crippen molar-refractivity contribution in [3.05, 3.63) is 29.8 Å². The monoisotopic (exact) mass is 220 g/mol. The summed E-state index contributed by atoms with van der Waals surface area (Å²) < 4.78 is 0.984. The Hall–Kier alpha value is -1.15. The third-order valence-electron chi connectivity index (χ3n) is 3.64. The number of rotatable bonds is 5. The molecule has 0 atom stereocenters. The van der Waals surface area contributed by atoms with E-state index in [4.69, 9.17) is 0 Å². The standard InChI is InChI=1S/C14H22NO/c1-5-15(6-2,7-3)14-10-8-13(9-11-14)12(4)16/h8-11H,5-7H2,1-4H3/q+1. The van der Waals surface area contributed by atoms with E-state index in [1.807, 2.05) is 12.1 Å². The minimum Gasteiger partial charge on any atom is -0.295 e. The van der Waals surface area contributed by atoms with Crippen molar-refractivity contribution in [3.63, 3.8) is 0 Å². The molecule has 0 amide bonds. The molecule has 0 unspecified atom stereocenters. The zero-order valence-corrected chi connectivity index (χ0v) is 10.8. The third-order valence-corrected chi connectivity index (χ3v) is 3.64. The van der Waals surface area contributed by atoms with Crippen molar-refractivity contribution in [2.24, 2.45) is 0 Å². The lowest BCUT2D eigenvalue weighted by atomic mass is 10.1. The summed E-state index contributed by atoms with van der Waals surface area (Å²) in [7, 11) is 0. The van der Waals surface area contributed by atoms with Crippen LogP contribution in [-0.4, -0.2) is 25.4 Å². The molecule has 88 valence electrons. The zero-order chi connectivity index (χ0) is 12.2. The lowest BCUT2D eigenvalue weighted by molar-refractivity contribution is 0.101. The summed E-state index contributed by atoms with van der Waals surface area (Å²) in [6.07, 6.45) is 0. The van der Waals surface area contributed by atoms with E-state index < -0.39 is 0 Å². The Labute approximate surface area is 98.5 Å². The van der Waals surface area contributed by atoms with Gasteiger partial charge in [-0.3, -0.25) is 9.28 Å². The van der Waals surface area contributed by atoms with Gasteiger partial charge in [0, 0.05) is 5.56 Å². The molecule has 0 fully saturated rings. The van der Waals surface area contributed by atoms with Gasteiger partial charge in [-0.05, 0) is 52.0 Å². The van der Waals surface area contributed by atoms with E-state index in [1.165, 1.54) is 5.69 Å². The molecule has 0 saturated carbocycles. The largest absolute Gasteiger partial charge is 0.295 e. The average Bonchev–Trinajstić information content (AvgIpc) is 2.33. The number of nitrogens with zero attached hydrogens (tertiary/aromatic N) is 1. The fraction of sp³-hybridized carbons (Fsp3) is 0.500. The topological polar surface area (TPSA) is 17.1 Å². The van der Waals surface area contributed by atoms with Crippen molar-refractivity contribution in [2.45, 2.75) is 27.7 Å². The predicted octanol–water partition coefficient (Wildman–Crippen LogP) is 3.26. The minimum absolute atomic E-state index is 0.133. The summed E-state index contributed by atoms with van der Waals surface area (Å²) in [5, 5.41) is 0. The highest BCUT2D eigenvalue weighted by atomic mass is 16.1. The highest BCUT2D eigenvalue weighted by Gasteiger charge is 2.23. The summed E-state index contributed by atoms with van der Waals surface area (Å²) >= 11 is 0. The maximum Gasteiger partial charge on any atom is 0.159 e. The number of hydrogen-bond donors (Lipinski definition) is 0. The second-order valence-electron chi connectivity index (χ2n) is 4.20. The number of hydrogen-bond acceptors (Lipinski definition) is 1. The zero-order valence-electron chi connectivity index (χ0n) is 10.8. The second kappa shape index (κ2) is 5.26. The molecule has 0 aromatic heterocycles. The van der Waals surface area contributed by atoms with Gasteiger partial charge < -0.3 is 0 Å². The van der Waals surface area contributed by atoms with Gasteiger partial charge >= 0.3 is 0 Å². The van der Waals surface area contributed by atoms with E-state index in [1.54, 1.807) is 6.92 Å². The van der Waals surface area contributed by atoms with Crippen molar-refractivity contribution in [3.8, 4) is 0 Å². The normalized spacial score (nSPS) is 11.5. The van der Waals surface area contributed by atoms with Crippen molar-refractivity contribution in [1.82, 2.24) is 4.48 Å². The molecule has 0 aliphatic carbocycles. The summed E-state index contributed by atoms with van der Waals surface area (Å²) in [6.45, 7) is 11.5. The number of Topliss-reactive ketones (excluding diaryl/α,β-unsaturated/α-hetero) is 1.